The molecule has 1 aromatic rings. The summed E-state index contributed by atoms with van der Waals surface area (Å²) < 4.78 is 25.9. The molecule has 17 heavy (non-hydrogen) atoms. The Balaban J connectivity index is 2.96. The van der Waals surface area contributed by atoms with Crippen LogP contribution in [0.25, 0.3) is 0 Å². The lowest BCUT2D eigenvalue weighted by atomic mass is 10.2. The summed E-state index contributed by atoms with van der Waals surface area (Å²) in [7, 11) is -3.59. The summed E-state index contributed by atoms with van der Waals surface area (Å²) in [5.41, 5.74) is 0.366. The fraction of sp³-hybridized carbons (Fsp3) is 0.250. The van der Waals surface area contributed by atoms with Gasteiger partial charge in [0.2, 0.25) is 10.0 Å². The zero-order valence-corrected chi connectivity index (χ0v) is 10.3. The summed E-state index contributed by atoms with van der Waals surface area (Å²) in [6.07, 6.45) is 5.36. The first-order valence-corrected chi connectivity index (χ1v) is 6.50. The molecule has 1 rings (SSSR count). The minimum Gasteiger partial charge on any atom is -0.295 e. The summed E-state index contributed by atoms with van der Waals surface area (Å²) in [6.45, 7) is 1.57. The molecule has 5 heteroatoms. The van der Waals surface area contributed by atoms with Gasteiger partial charge in [0.15, 0.2) is 5.78 Å². The third-order valence-corrected chi connectivity index (χ3v) is 3.57. The molecule has 0 amide bonds. The number of terminal acetylenes is 1. The monoisotopic (exact) mass is 251 g/mol. The van der Waals surface area contributed by atoms with Crippen LogP contribution < -0.4 is 4.72 Å². The highest BCUT2D eigenvalue weighted by Crippen LogP contribution is 2.11. The van der Waals surface area contributed by atoms with Crippen molar-refractivity contribution in [1.29, 1.82) is 0 Å². The second kappa shape index (κ2) is 5.62. The van der Waals surface area contributed by atoms with E-state index in [9.17, 15) is 13.2 Å². The number of ketones is 1. The predicted molar refractivity (Wildman–Crippen MR) is 65.1 cm³/mol. The molecule has 90 valence electrons. The summed E-state index contributed by atoms with van der Waals surface area (Å²) in [5.74, 6) is 2.16. The number of carbonyl (C=O) groups excluding carboxylic acids is 1. The first kappa shape index (κ1) is 13.4. The maximum atomic E-state index is 11.8. The first-order valence-electron chi connectivity index (χ1n) is 5.01. The van der Waals surface area contributed by atoms with E-state index in [0.717, 1.165) is 0 Å². The molecule has 1 aromatic carbocycles. The largest absolute Gasteiger partial charge is 0.295 e. The summed E-state index contributed by atoms with van der Waals surface area (Å²) in [5, 5.41) is 0. The number of carbonyl (C=O) groups is 1. The van der Waals surface area contributed by atoms with E-state index in [4.69, 9.17) is 6.42 Å². The molecule has 0 saturated heterocycles. The topological polar surface area (TPSA) is 63.2 Å². The average Bonchev–Trinajstić information content (AvgIpc) is 2.29. The van der Waals surface area contributed by atoms with Crippen LogP contribution >= 0.6 is 0 Å². The van der Waals surface area contributed by atoms with Crippen LogP contribution in [0.5, 0.6) is 0 Å². The Bertz CT molecular complexity index is 555. The van der Waals surface area contributed by atoms with Gasteiger partial charge in [0, 0.05) is 18.5 Å². The molecule has 0 aliphatic heterocycles. The van der Waals surface area contributed by atoms with Gasteiger partial charge < -0.3 is 0 Å². The van der Waals surface area contributed by atoms with Crippen LogP contribution in [-0.4, -0.2) is 20.7 Å². The van der Waals surface area contributed by atoms with Gasteiger partial charge in [0.1, 0.15) is 0 Å². The molecule has 0 atom stereocenters. The maximum absolute atomic E-state index is 11.8. The van der Waals surface area contributed by atoms with Crippen molar-refractivity contribution < 1.29 is 13.2 Å². The predicted octanol–water partition coefficient (Wildman–Crippen LogP) is 1.19. The number of hydrogen-bond donors (Lipinski definition) is 1. The van der Waals surface area contributed by atoms with Crippen LogP contribution in [0, 0.1) is 12.3 Å². The van der Waals surface area contributed by atoms with Crippen LogP contribution in [-0.2, 0) is 10.0 Å². The summed E-state index contributed by atoms with van der Waals surface area (Å²) in [4.78, 5) is 11.2. The highest BCUT2D eigenvalue weighted by molar-refractivity contribution is 7.89. The fourth-order valence-corrected chi connectivity index (χ4v) is 2.30. The number of rotatable bonds is 5. The zero-order chi connectivity index (χ0) is 12.9. The second-order valence-electron chi connectivity index (χ2n) is 3.44. The molecule has 0 bridgehead atoms. The molecule has 4 nitrogen and oxygen atoms in total. The van der Waals surface area contributed by atoms with Crippen molar-refractivity contribution in [2.24, 2.45) is 0 Å². The van der Waals surface area contributed by atoms with Gasteiger partial charge in [-0.2, -0.15) is 0 Å². The number of hydrogen-bond acceptors (Lipinski definition) is 3. The Labute approximate surface area is 101 Å². The maximum Gasteiger partial charge on any atom is 0.240 e. The van der Waals surface area contributed by atoms with E-state index in [-0.39, 0.29) is 17.2 Å². The SMILES string of the molecule is C#CCCNS(=O)(=O)c1cccc(C(C)=O)c1. The standard InChI is InChI=1S/C12H13NO3S/c1-3-4-8-13-17(15,16)12-7-5-6-11(9-12)10(2)14/h1,5-7,9,13H,4,8H2,2H3. The van der Waals surface area contributed by atoms with Gasteiger partial charge in [-0.15, -0.1) is 12.3 Å². The Kier molecular flexibility index (Phi) is 4.44. The second-order valence-corrected chi connectivity index (χ2v) is 5.20. The van der Waals surface area contributed by atoms with Gasteiger partial charge in [-0.05, 0) is 19.1 Å². The van der Waals surface area contributed by atoms with Crippen molar-refractivity contribution in [2.75, 3.05) is 6.54 Å². The average molecular weight is 251 g/mol. The van der Waals surface area contributed by atoms with E-state index in [0.29, 0.717) is 12.0 Å². The van der Waals surface area contributed by atoms with E-state index in [1.165, 1.54) is 25.1 Å². The lowest BCUT2D eigenvalue weighted by Gasteiger charge is -2.06. The van der Waals surface area contributed by atoms with E-state index >= 15 is 0 Å². The Morgan fingerprint density at radius 1 is 1.47 bits per heavy atom. The highest BCUT2D eigenvalue weighted by atomic mass is 32.2. The highest BCUT2D eigenvalue weighted by Gasteiger charge is 2.14. The van der Waals surface area contributed by atoms with Crippen LogP contribution in [0.1, 0.15) is 23.7 Å². The van der Waals surface area contributed by atoms with Crippen molar-refractivity contribution in [3.8, 4) is 12.3 Å². The van der Waals surface area contributed by atoms with Crippen molar-refractivity contribution in [3.05, 3.63) is 29.8 Å². The molecular weight excluding hydrogens is 238 g/mol. The minimum atomic E-state index is -3.59. The summed E-state index contributed by atoms with van der Waals surface area (Å²) >= 11 is 0. The van der Waals surface area contributed by atoms with Gasteiger partial charge in [-0.25, -0.2) is 13.1 Å². The molecular formula is C12H13NO3S. The third-order valence-electron chi connectivity index (χ3n) is 2.11. The number of benzene rings is 1. The number of Topliss-reactive ketones (excluding diaryl/α,β-unsaturated/α-hetero) is 1. The minimum absolute atomic E-state index is 0.0715. The van der Waals surface area contributed by atoms with Gasteiger partial charge in [-0.3, -0.25) is 4.79 Å². The quantitative estimate of drug-likeness (QED) is 0.486. The third kappa shape index (κ3) is 3.70. The van der Waals surface area contributed by atoms with Crippen molar-refractivity contribution in [1.82, 2.24) is 4.72 Å². The molecule has 0 heterocycles. The Morgan fingerprint density at radius 2 is 2.18 bits per heavy atom. The first-order chi connectivity index (χ1) is 7.97. The van der Waals surface area contributed by atoms with E-state index in [2.05, 4.69) is 10.6 Å². The number of nitrogens with one attached hydrogen (secondary N) is 1. The Hall–Kier alpha value is -1.64. The van der Waals surface area contributed by atoms with E-state index in [1.54, 1.807) is 6.07 Å². The Morgan fingerprint density at radius 3 is 2.76 bits per heavy atom. The molecule has 0 unspecified atom stereocenters. The smallest absolute Gasteiger partial charge is 0.240 e. The fourth-order valence-electron chi connectivity index (χ4n) is 1.22. The lowest BCUT2D eigenvalue weighted by Crippen LogP contribution is -2.24. The van der Waals surface area contributed by atoms with Crippen molar-refractivity contribution >= 4 is 15.8 Å². The van der Waals surface area contributed by atoms with Crippen LogP contribution in [0.4, 0.5) is 0 Å². The molecule has 0 saturated carbocycles. The van der Waals surface area contributed by atoms with Gasteiger partial charge >= 0.3 is 0 Å². The molecule has 0 fully saturated rings. The van der Waals surface area contributed by atoms with E-state index in [1.807, 2.05) is 0 Å². The van der Waals surface area contributed by atoms with Crippen molar-refractivity contribution in [3.63, 3.8) is 0 Å². The number of sulfonamides is 1. The summed E-state index contributed by atoms with van der Waals surface area (Å²) in [6, 6.07) is 5.89. The van der Waals surface area contributed by atoms with Crippen LogP contribution in [0.15, 0.2) is 29.2 Å². The lowest BCUT2D eigenvalue weighted by molar-refractivity contribution is 0.101. The molecule has 0 aliphatic rings. The van der Waals surface area contributed by atoms with E-state index < -0.39 is 10.0 Å². The molecule has 0 aromatic heterocycles. The molecule has 0 spiro atoms. The van der Waals surface area contributed by atoms with Crippen LogP contribution in [0.2, 0.25) is 0 Å². The zero-order valence-electron chi connectivity index (χ0n) is 9.43. The van der Waals surface area contributed by atoms with Gasteiger partial charge in [-0.1, -0.05) is 12.1 Å². The molecule has 1 N–H and O–H groups in total. The van der Waals surface area contributed by atoms with Gasteiger partial charge in [0.25, 0.3) is 0 Å². The molecule has 0 radical (unpaired) electrons. The normalized spacial score (nSPS) is 10.8. The van der Waals surface area contributed by atoms with Gasteiger partial charge in [0.05, 0.1) is 4.90 Å². The van der Waals surface area contributed by atoms with Crippen LogP contribution in [0.3, 0.4) is 0 Å². The molecule has 0 aliphatic carbocycles. The van der Waals surface area contributed by atoms with Crippen molar-refractivity contribution in [2.45, 2.75) is 18.2 Å².